The zero-order chi connectivity index (χ0) is 123. The van der Waals surface area contributed by atoms with Gasteiger partial charge in [0.1, 0.15) is 12.2 Å². The Morgan fingerprint density at radius 3 is 0.827 bits per heavy atom. The number of guanidine groups is 1. The fraction of sp³-hybridized carbons (Fsp3) is 0.975. The Morgan fingerprint density at radius 2 is 0.673 bits per heavy atom. The molecule has 0 aromatic heterocycles. The molecule has 1 fully saturated rings. The molecule has 31 heteroatoms. The van der Waals surface area contributed by atoms with Crippen molar-refractivity contribution in [1.82, 2.24) is 10.6 Å². The van der Waals surface area contributed by atoms with Gasteiger partial charge in [-0.25, -0.2) is 9.59 Å². The summed E-state index contributed by atoms with van der Waals surface area (Å²) in [5, 5.41) is 116. The van der Waals surface area contributed by atoms with E-state index >= 15 is 0 Å². The van der Waals surface area contributed by atoms with Crippen molar-refractivity contribution < 1.29 is 104 Å². The summed E-state index contributed by atoms with van der Waals surface area (Å²) >= 11 is 0. The van der Waals surface area contributed by atoms with Crippen LogP contribution in [0.3, 0.4) is 0 Å². The van der Waals surface area contributed by atoms with Crippen molar-refractivity contribution >= 4 is 18.0 Å². The zero-order valence-corrected chi connectivity index (χ0v) is 109. The third-order valence-corrected chi connectivity index (χ3v) is 19.0. The molecular weight excluding hydrogens is 1910 g/mol. The Hall–Kier alpha value is -3.07. The number of nitrogens with zero attached hydrogens (tertiary/aromatic N) is 1. The highest BCUT2D eigenvalue weighted by molar-refractivity contribution is 5.75. The van der Waals surface area contributed by atoms with E-state index in [1.807, 2.05) is 138 Å². The number of methoxy groups -OCH3 is 1. The van der Waals surface area contributed by atoms with Crippen molar-refractivity contribution in [3.63, 3.8) is 0 Å². The molecule has 1 rings (SSSR count). The molecule has 1 saturated carbocycles. The smallest absolute Gasteiger partial charge is 0.312 e. The molecule has 934 valence electrons. The second kappa shape index (κ2) is 154. The van der Waals surface area contributed by atoms with Crippen molar-refractivity contribution in [1.29, 1.82) is 0 Å². The number of aliphatic imine (C=N–C) groups is 1. The lowest BCUT2D eigenvalue weighted by Crippen LogP contribution is -2.32. The van der Waals surface area contributed by atoms with E-state index in [1.165, 1.54) is 57.8 Å². The standard InChI is InChI=1S/C9H18.C8H19NO2.C7H17N3.2C7H16O3.C6H14N2O.C6H14O2.C6H14O.C6H14.C5H12N2O.C5H13N.C5H12O2.5C5H12O.C5H12.C4H11N.C4H10O.C4H10/c1-8(2)9-6-4-3-5-7-9;1-8(2)7-11-6-5-10-4-3-9;1-6(2)4-3-5-10-7(8)9;2*1-6(2)4-10-5-7(9)3-8;1-5(2)3-4-8-6(7)9;1-6(2)5-8-4-3-7;1-5(2)6(3,4)7;1-4-5-6(2)3;1-4(2)3-7-5(6)8;1-5(2)3-4-6;1-4(2)5(7)3-6;1-5(2)4-6-3;1-5(2)3-4-6;3*1-4(2)5(3)6;1-4-5(2)3;2*1-4(2)3-5;1-4(2)3/h8-9H,3-7H2,1-2H3;8H,3-7,9H2,1-2H3;6H,3-5H2,1-2H3,(H4,8,9,10);2*6-9H,3-5H2,1-2H3;5H,3-4H2,1-2H3,(H3,7,8,9);6-7H,3-5H2,1-2H3;5,7H,1-4H3;6H,4-5H2,1-3H3;4H,3H2,1-2H3,(H3,6,7,8);5H,3-4,6H2,1-2H3;4-7H,3H2,1-2H3;5H,4H2,1-3H3;5-6H,3-4H2,1-2H3;3*4-6H,1-3H3;5H,4H2,1-3H3;4H,3,5H2,1-2H3;4-5H,3H2,1-2H3;4H,1-3H3/t;;;2*7-;;;;;;;5-;;;2*5-;;;;;/m...10......0..10...../s1. The number of carbonyl (C=O) groups excluding carboxylic acids is 2. The van der Waals surface area contributed by atoms with Gasteiger partial charge < -0.3 is 146 Å². The van der Waals surface area contributed by atoms with E-state index in [-0.39, 0.29) is 69.8 Å². The van der Waals surface area contributed by atoms with Gasteiger partial charge in [-0.2, -0.15) is 0 Å². The number of amides is 4. The summed E-state index contributed by atoms with van der Waals surface area (Å²) in [5.41, 5.74) is 35.0. The number of hydrogen-bond donors (Lipinski definition) is 22. The van der Waals surface area contributed by atoms with E-state index in [1.54, 1.807) is 27.9 Å². The molecule has 31 nitrogen and oxygen atoms in total. The highest BCUT2D eigenvalue weighted by atomic mass is 16.5. The molecule has 1 unspecified atom stereocenters. The van der Waals surface area contributed by atoms with Gasteiger partial charge in [0.05, 0.1) is 96.1 Å². The normalized spacial score (nSPS) is 12.3. The molecule has 0 radical (unpaired) electrons. The first-order valence-corrected chi connectivity index (χ1v) is 57.8. The first kappa shape index (κ1) is 194. The number of nitrogens with two attached hydrogens (primary N) is 7. The van der Waals surface area contributed by atoms with Gasteiger partial charge in [0.15, 0.2) is 5.96 Å². The van der Waals surface area contributed by atoms with Crippen LogP contribution in [-0.2, 0) is 28.4 Å². The molecule has 0 bridgehead atoms. The molecule has 150 heavy (non-hydrogen) atoms. The summed E-state index contributed by atoms with van der Waals surface area (Å²) in [7, 11) is 1.72. The van der Waals surface area contributed by atoms with Crippen LogP contribution < -0.4 is 50.8 Å². The fourth-order valence-corrected chi connectivity index (χ4v) is 7.00. The summed E-state index contributed by atoms with van der Waals surface area (Å²) < 4.78 is 30.3. The molecule has 29 N–H and O–H groups in total. The summed E-state index contributed by atoms with van der Waals surface area (Å²) in [6.07, 6.45) is 14.4. The van der Waals surface area contributed by atoms with Crippen LogP contribution >= 0.6 is 0 Å². The zero-order valence-electron chi connectivity index (χ0n) is 109. The lowest BCUT2D eigenvalue weighted by molar-refractivity contribution is -0.00132. The summed E-state index contributed by atoms with van der Waals surface area (Å²) in [4.78, 5) is 24.0. The average Bonchev–Trinajstić information content (AvgIpc) is 0.984. The lowest BCUT2D eigenvalue weighted by Gasteiger charge is -2.24. The van der Waals surface area contributed by atoms with Crippen LogP contribution in [0.4, 0.5) is 9.59 Å². The van der Waals surface area contributed by atoms with Crippen LogP contribution in [0, 0.1) is 130 Å². The molecule has 0 saturated heterocycles. The van der Waals surface area contributed by atoms with Gasteiger partial charge in [0.25, 0.3) is 0 Å². The van der Waals surface area contributed by atoms with Crippen LogP contribution in [0.5, 0.6) is 0 Å². The SMILES string of the molecule is CC(C)C.CC(C)C(C)(C)O.CC(C)C(C)O.CC(C)C1CCCCC1.CC(C)CCCN=C(N)N.CC(C)CCN.CC(C)CCNC(N)=O.CC(C)CCO.CC(C)CN.CC(C)CNC(N)=O.CC(C)CO.CC(C)COCCO.CC(C)COCCOCCN.CC(C)COC[C@@H](O)CO.CC(C)COC[C@H](O)CO.CC(C)[C@@H](C)O.CC(C)[C@@H](O)CO.CC(C)[C@H](C)O.CCC(C)C.CCCC(C)C.COCC(C)C. The number of urea groups is 2. The molecular formula is C119H282N10O21. The first-order chi connectivity index (χ1) is 68.7. The van der Waals surface area contributed by atoms with E-state index in [0.29, 0.717) is 155 Å². The molecule has 0 spiro atoms. The number of nitrogens with one attached hydrogen (secondary N) is 2. The number of primary amides is 2. The molecule has 4 amide bonds. The first-order valence-electron chi connectivity index (χ1n) is 57.8. The minimum absolute atomic E-state index is 0.127. The number of ether oxygens (including phenoxy) is 6. The van der Waals surface area contributed by atoms with Gasteiger partial charge in [-0.1, -0.05) is 363 Å². The predicted octanol–water partition coefficient (Wildman–Crippen LogP) is 21.4. The summed E-state index contributed by atoms with van der Waals surface area (Å²) in [5.74, 6) is 13.7. The van der Waals surface area contributed by atoms with Crippen LogP contribution in [0.2, 0.25) is 0 Å². The Kier molecular flexibility index (Phi) is 200. The van der Waals surface area contributed by atoms with Crippen molar-refractivity contribution in [2.45, 2.75) is 472 Å². The second-order valence-corrected chi connectivity index (χ2v) is 47.1. The van der Waals surface area contributed by atoms with Gasteiger partial charge >= 0.3 is 12.1 Å². The monoisotopic (exact) mass is 2190 g/mol. The van der Waals surface area contributed by atoms with Crippen molar-refractivity contribution in [2.24, 2.45) is 175 Å². The quantitative estimate of drug-likeness (QED) is 0.0153. The van der Waals surface area contributed by atoms with E-state index in [0.717, 1.165) is 107 Å². The molecule has 0 aromatic rings. The average molecular weight is 2190 g/mol. The lowest BCUT2D eigenvalue weighted by atomic mass is 9.82. The van der Waals surface area contributed by atoms with Gasteiger partial charge in [-0.3, -0.25) is 4.99 Å². The Morgan fingerprint density at radius 1 is 0.360 bits per heavy atom. The third-order valence-electron chi connectivity index (χ3n) is 19.0. The van der Waals surface area contributed by atoms with Gasteiger partial charge in [-0.15, -0.1) is 0 Å². The van der Waals surface area contributed by atoms with Gasteiger partial charge in [-0.05, 0) is 210 Å². The summed E-state index contributed by atoms with van der Waals surface area (Å²) in [6, 6.07) is -0.880. The van der Waals surface area contributed by atoms with E-state index in [2.05, 4.69) is 203 Å². The van der Waals surface area contributed by atoms with Crippen LogP contribution in [-0.4, -0.2) is 285 Å². The third kappa shape index (κ3) is 313. The molecule has 6 atom stereocenters. The number of hydrogen-bond acceptors (Lipinski definition) is 25. The van der Waals surface area contributed by atoms with E-state index in [4.69, 9.17) is 135 Å². The second-order valence-electron chi connectivity index (χ2n) is 47.1. The highest BCUT2D eigenvalue weighted by Gasteiger charge is 2.17. The summed E-state index contributed by atoms with van der Waals surface area (Å²) in [6.45, 7) is 114. The minimum atomic E-state index is -0.723. The number of aliphatic hydroxyl groups excluding tert-OH is 12. The Bertz CT molecular complexity index is 2170. The maximum absolute atomic E-state index is 10.1. The highest BCUT2D eigenvalue weighted by Crippen LogP contribution is 2.29. The Labute approximate surface area is 934 Å². The van der Waals surface area contributed by atoms with Crippen molar-refractivity contribution in [2.75, 3.05) is 159 Å². The maximum Gasteiger partial charge on any atom is 0.312 e. The fourth-order valence-electron chi connectivity index (χ4n) is 7.00. The van der Waals surface area contributed by atoms with Gasteiger partial charge in [0, 0.05) is 79.5 Å². The number of aliphatic hydroxyl groups is 13. The largest absolute Gasteiger partial charge is 0.396 e. The van der Waals surface area contributed by atoms with Crippen LogP contribution in [0.1, 0.15) is 430 Å². The molecule has 0 aliphatic heterocycles. The van der Waals surface area contributed by atoms with Crippen LogP contribution in [0.15, 0.2) is 4.99 Å². The van der Waals surface area contributed by atoms with Crippen molar-refractivity contribution in [3.05, 3.63) is 0 Å². The molecule has 0 aromatic carbocycles. The Balaban J connectivity index is -0.0000000660. The maximum atomic E-state index is 10.1. The topological polar surface area (TPSA) is 571 Å². The van der Waals surface area contributed by atoms with E-state index < -0.39 is 36.0 Å². The van der Waals surface area contributed by atoms with Gasteiger partial charge in [0.2, 0.25) is 0 Å². The number of rotatable bonds is 48. The number of carbonyl (C=O) groups is 2. The molecule has 1 aliphatic carbocycles. The van der Waals surface area contributed by atoms with E-state index in [9.17, 15) is 9.59 Å². The molecule has 1 aliphatic rings. The van der Waals surface area contributed by atoms with Crippen LogP contribution in [0.25, 0.3) is 0 Å². The van der Waals surface area contributed by atoms with Crippen molar-refractivity contribution in [3.8, 4) is 0 Å². The predicted molar refractivity (Wildman–Crippen MR) is 653 cm³/mol. The minimum Gasteiger partial charge on any atom is -0.396 e. The molecule has 0 heterocycles.